The SMILES string of the molecule is CC1=NN=C(CCc2c(Cl)cccc2Oc2cc(C)ccc2C(C)C)C1. The Labute approximate surface area is 160 Å². The third kappa shape index (κ3) is 4.34. The number of rotatable bonds is 6. The van der Waals surface area contributed by atoms with Crippen molar-refractivity contribution in [3.63, 3.8) is 0 Å². The van der Waals surface area contributed by atoms with Gasteiger partial charge in [-0.15, -0.1) is 0 Å². The van der Waals surface area contributed by atoms with E-state index in [0.29, 0.717) is 5.92 Å². The molecule has 0 radical (unpaired) electrons. The van der Waals surface area contributed by atoms with Crippen molar-refractivity contribution < 1.29 is 4.74 Å². The first-order chi connectivity index (χ1) is 12.4. The van der Waals surface area contributed by atoms with E-state index in [4.69, 9.17) is 16.3 Å². The summed E-state index contributed by atoms with van der Waals surface area (Å²) in [5.41, 5.74) is 5.58. The first-order valence-corrected chi connectivity index (χ1v) is 9.46. The molecule has 3 rings (SSSR count). The molecule has 3 nitrogen and oxygen atoms in total. The van der Waals surface area contributed by atoms with E-state index in [1.165, 1.54) is 11.1 Å². The summed E-state index contributed by atoms with van der Waals surface area (Å²) in [6.07, 6.45) is 2.49. The largest absolute Gasteiger partial charge is 0.457 e. The zero-order chi connectivity index (χ0) is 18.7. The van der Waals surface area contributed by atoms with Crippen molar-refractivity contribution in [3.8, 4) is 11.5 Å². The highest BCUT2D eigenvalue weighted by atomic mass is 35.5. The number of nitrogens with zero attached hydrogens (tertiary/aromatic N) is 2. The van der Waals surface area contributed by atoms with E-state index in [-0.39, 0.29) is 0 Å². The maximum Gasteiger partial charge on any atom is 0.132 e. The molecule has 0 amide bonds. The molecule has 0 aliphatic carbocycles. The van der Waals surface area contributed by atoms with Gasteiger partial charge in [-0.3, -0.25) is 0 Å². The molecule has 1 aliphatic heterocycles. The van der Waals surface area contributed by atoms with Crippen molar-refractivity contribution in [2.45, 2.75) is 52.9 Å². The van der Waals surface area contributed by atoms with E-state index in [1.807, 2.05) is 25.1 Å². The van der Waals surface area contributed by atoms with Gasteiger partial charge >= 0.3 is 0 Å². The van der Waals surface area contributed by atoms with E-state index in [9.17, 15) is 0 Å². The van der Waals surface area contributed by atoms with Crippen molar-refractivity contribution in [2.24, 2.45) is 10.2 Å². The smallest absolute Gasteiger partial charge is 0.132 e. The molecule has 0 spiro atoms. The van der Waals surface area contributed by atoms with Crippen LogP contribution >= 0.6 is 11.6 Å². The average Bonchev–Trinajstić information content (AvgIpc) is 2.99. The zero-order valence-corrected chi connectivity index (χ0v) is 16.6. The van der Waals surface area contributed by atoms with Crippen LogP contribution < -0.4 is 4.74 Å². The lowest BCUT2D eigenvalue weighted by Crippen LogP contribution is -2.03. The van der Waals surface area contributed by atoms with Crippen LogP contribution in [0.3, 0.4) is 0 Å². The minimum Gasteiger partial charge on any atom is -0.457 e. The Morgan fingerprint density at radius 2 is 1.85 bits per heavy atom. The van der Waals surface area contributed by atoms with Gasteiger partial charge in [-0.25, -0.2) is 0 Å². The molecule has 0 unspecified atom stereocenters. The van der Waals surface area contributed by atoms with Crippen molar-refractivity contribution in [3.05, 3.63) is 58.1 Å². The van der Waals surface area contributed by atoms with E-state index in [1.54, 1.807) is 0 Å². The molecule has 0 fully saturated rings. The second kappa shape index (κ2) is 8.05. The minimum atomic E-state index is 0.390. The van der Waals surface area contributed by atoms with Gasteiger partial charge in [-0.2, -0.15) is 10.2 Å². The lowest BCUT2D eigenvalue weighted by Gasteiger charge is -2.17. The predicted molar refractivity (Wildman–Crippen MR) is 110 cm³/mol. The number of benzene rings is 2. The fourth-order valence-electron chi connectivity index (χ4n) is 3.13. The van der Waals surface area contributed by atoms with Gasteiger partial charge in [0, 0.05) is 28.4 Å². The molecule has 0 atom stereocenters. The molecular formula is C22H25ClN2O. The first-order valence-electron chi connectivity index (χ1n) is 9.08. The predicted octanol–water partition coefficient (Wildman–Crippen LogP) is 6.72. The number of ether oxygens (including phenoxy) is 1. The highest BCUT2D eigenvalue weighted by Crippen LogP contribution is 2.36. The fourth-order valence-corrected chi connectivity index (χ4v) is 3.39. The van der Waals surface area contributed by atoms with Crippen LogP contribution in [0.5, 0.6) is 11.5 Å². The number of hydrogen-bond donors (Lipinski definition) is 0. The summed E-state index contributed by atoms with van der Waals surface area (Å²) in [4.78, 5) is 0. The quantitative estimate of drug-likeness (QED) is 0.557. The van der Waals surface area contributed by atoms with Gasteiger partial charge in [0.05, 0.1) is 0 Å². The molecule has 0 saturated carbocycles. The Morgan fingerprint density at radius 3 is 2.54 bits per heavy atom. The van der Waals surface area contributed by atoms with Crippen LogP contribution in [0.4, 0.5) is 0 Å². The molecule has 0 aromatic heterocycles. The van der Waals surface area contributed by atoms with Crippen LogP contribution in [0, 0.1) is 6.92 Å². The van der Waals surface area contributed by atoms with E-state index >= 15 is 0 Å². The molecule has 1 aliphatic rings. The standard InChI is InChI=1S/C22H25ClN2O/c1-14(2)18-10-8-15(3)12-22(18)26-21-7-5-6-20(23)19(21)11-9-17-13-16(4)24-25-17/h5-8,10,12,14H,9,11,13H2,1-4H3. The van der Waals surface area contributed by atoms with Crippen molar-refractivity contribution in [1.82, 2.24) is 0 Å². The molecule has 0 saturated heterocycles. The van der Waals surface area contributed by atoms with Crippen molar-refractivity contribution in [2.75, 3.05) is 0 Å². The van der Waals surface area contributed by atoms with Crippen LogP contribution in [0.25, 0.3) is 0 Å². The lowest BCUT2D eigenvalue weighted by molar-refractivity contribution is 0.467. The van der Waals surface area contributed by atoms with E-state index in [0.717, 1.165) is 52.8 Å². The van der Waals surface area contributed by atoms with E-state index in [2.05, 4.69) is 49.2 Å². The number of aryl methyl sites for hydroxylation is 1. The number of hydrogen-bond acceptors (Lipinski definition) is 3. The second-order valence-electron chi connectivity index (χ2n) is 7.19. The van der Waals surface area contributed by atoms with Gasteiger partial charge in [-0.1, -0.05) is 43.6 Å². The highest BCUT2D eigenvalue weighted by molar-refractivity contribution is 6.31. The Hall–Kier alpha value is -2.13. The van der Waals surface area contributed by atoms with Crippen LogP contribution in [-0.2, 0) is 6.42 Å². The third-order valence-corrected chi connectivity index (χ3v) is 4.93. The molecule has 26 heavy (non-hydrogen) atoms. The topological polar surface area (TPSA) is 34.0 Å². The Kier molecular flexibility index (Phi) is 5.77. The van der Waals surface area contributed by atoms with Gasteiger partial charge in [0.25, 0.3) is 0 Å². The fraction of sp³-hybridized carbons (Fsp3) is 0.364. The molecule has 4 heteroatoms. The molecular weight excluding hydrogens is 344 g/mol. The molecule has 0 bridgehead atoms. The molecule has 1 heterocycles. The zero-order valence-electron chi connectivity index (χ0n) is 15.8. The Morgan fingerprint density at radius 1 is 1.04 bits per heavy atom. The normalized spacial score (nSPS) is 13.8. The van der Waals surface area contributed by atoms with Crippen LogP contribution in [0.15, 0.2) is 46.6 Å². The Balaban J connectivity index is 1.85. The van der Waals surface area contributed by atoms with Crippen LogP contribution in [0.1, 0.15) is 56.2 Å². The van der Waals surface area contributed by atoms with Crippen LogP contribution in [-0.4, -0.2) is 11.4 Å². The van der Waals surface area contributed by atoms with Gasteiger partial charge in [0.15, 0.2) is 0 Å². The average molecular weight is 369 g/mol. The summed E-state index contributed by atoms with van der Waals surface area (Å²) >= 11 is 6.49. The molecule has 136 valence electrons. The maximum absolute atomic E-state index is 6.49. The molecule has 0 N–H and O–H groups in total. The summed E-state index contributed by atoms with van der Waals surface area (Å²) in [6, 6.07) is 12.2. The third-order valence-electron chi connectivity index (χ3n) is 4.57. The van der Waals surface area contributed by atoms with E-state index < -0.39 is 0 Å². The Bertz CT molecular complexity index is 868. The summed E-state index contributed by atoms with van der Waals surface area (Å²) in [7, 11) is 0. The highest BCUT2D eigenvalue weighted by Gasteiger charge is 2.15. The molecule has 2 aromatic rings. The summed E-state index contributed by atoms with van der Waals surface area (Å²) in [6.45, 7) is 8.44. The van der Waals surface area contributed by atoms with Gasteiger partial charge in [0.1, 0.15) is 11.5 Å². The summed E-state index contributed by atoms with van der Waals surface area (Å²) < 4.78 is 6.35. The van der Waals surface area contributed by atoms with Gasteiger partial charge < -0.3 is 4.74 Å². The summed E-state index contributed by atoms with van der Waals surface area (Å²) in [5.74, 6) is 2.11. The second-order valence-corrected chi connectivity index (χ2v) is 7.60. The monoisotopic (exact) mass is 368 g/mol. The van der Waals surface area contributed by atoms with Crippen molar-refractivity contribution >= 4 is 23.0 Å². The number of halogens is 1. The lowest BCUT2D eigenvalue weighted by atomic mass is 10.0. The van der Waals surface area contributed by atoms with Crippen molar-refractivity contribution in [1.29, 1.82) is 0 Å². The van der Waals surface area contributed by atoms with Gasteiger partial charge in [0.2, 0.25) is 0 Å². The van der Waals surface area contributed by atoms with Gasteiger partial charge in [-0.05, 0) is 61.9 Å². The van der Waals surface area contributed by atoms with Crippen LogP contribution in [0.2, 0.25) is 5.02 Å². The first kappa shape index (κ1) is 18.7. The maximum atomic E-state index is 6.49. The molecule has 2 aromatic carbocycles. The minimum absolute atomic E-state index is 0.390. The summed E-state index contributed by atoms with van der Waals surface area (Å²) in [5, 5.41) is 9.10.